The molecule has 3 unspecified atom stereocenters. The molecule has 4 heteroatoms. The monoisotopic (exact) mass is 210 g/mol. The van der Waals surface area contributed by atoms with Gasteiger partial charge in [0.2, 0.25) is 12.2 Å². The largest absolute Gasteiger partial charge is 0.237 e. The first kappa shape index (κ1) is 13.8. The Bertz CT molecular complexity index is 260. The van der Waals surface area contributed by atoms with Gasteiger partial charge in [-0.2, -0.15) is 9.98 Å². The molecular weight excluding hydrogens is 192 g/mol. The number of isocyanates is 2. The SMILES string of the molecule is CCC(C)C(C)C(C)C(N=C=O)N=C=O. The van der Waals surface area contributed by atoms with Crippen LogP contribution in [-0.2, 0) is 9.59 Å². The first-order chi connectivity index (χ1) is 7.08. The Kier molecular flexibility index (Phi) is 6.52. The van der Waals surface area contributed by atoms with E-state index in [0.29, 0.717) is 11.8 Å². The van der Waals surface area contributed by atoms with E-state index in [1.807, 2.05) is 6.92 Å². The van der Waals surface area contributed by atoms with Gasteiger partial charge in [0.25, 0.3) is 0 Å². The van der Waals surface area contributed by atoms with E-state index in [-0.39, 0.29) is 5.92 Å². The smallest absolute Gasteiger partial charge is 0.211 e. The third-order valence-electron chi connectivity index (χ3n) is 3.21. The van der Waals surface area contributed by atoms with E-state index in [0.717, 1.165) is 6.42 Å². The van der Waals surface area contributed by atoms with Gasteiger partial charge in [-0.05, 0) is 11.8 Å². The minimum Gasteiger partial charge on any atom is -0.211 e. The van der Waals surface area contributed by atoms with Crippen molar-refractivity contribution in [1.82, 2.24) is 0 Å². The zero-order valence-electron chi connectivity index (χ0n) is 9.73. The molecule has 3 atom stereocenters. The predicted octanol–water partition coefficient (Wildman–Crippen LogP) is 2.30. The normalized spacial score (nSPS) is 17.9. The van der Waals surface area contributed by atoms with E-state index in [9.17, 15) is 9.59 Å². The number of nitrogens with zero attached hydrogens (tertiary/aromatic N) is 2. The van der Waals surface area contributed by atoms with Crippen molar-refractivity contribution in [2.75, 3.05) is 0 Å². The average molecular weight is 210 g/mol. The topological polar surface area (TPSA) is 58.9 Å². The lowest BCUT2D eigenvalue weighted by molar-refractivity contribution is 0.242. The highest BCUT2D eigenvalue weighted by molar-refractivity contribution is 5.37. The molecule has 0 aromatic rings. The summed E-state index contributed by atoms with van der Waals surface area (Å²) < 4.78 is 0. The summed E-state index contributed by atoms with van der Waals surface area (Å²) in [6.07, 6.45) is 3.31. The van der Waals surface area contributed by atoms with E-state index < -0.39 is 6.17 Å². The molecule has 0 aromatic heterocycles. The van der Waals surface area contributed by atoms with Gasteiger partial charge in [0, 0.05) is 5.92 Å². The third kappa shape index (κ3) is 4.20. The summed E-state index contributed by atoms with van der Waals surface area (Å²) in [7, 11) is 0. The van der Waals surface area contributed by atoms with Gasteiger partial charge >= 0.3 is 0 Å². The number of carbonyl (C=O) groups excluding carboxylic acids is 2. The zero-order valence-corrected chi connectivity index (χ0v) is 9.73. The summed E-state index contributed by atoms with van der Waals surface area (Å²) in [4.78, 5) is 27.4. The van der Waals surface area contributed by atoms with Crippen LogP contribution in [0.25, 0.3) is 0 Å². The molecule has 0 spiro atoms. The maximum atomic E-state index is 10.2. The third-order valence-corrected chi connectivity index (χ3v) is 3.21. The van der Waals surface area contributed by atoms with Crippen LogP contribution < -0.4 is 0 Å². The number of aliphatic imine (C=N–C) groups is 2. The van der Waals surface area contributed by atoms with E-state index in [4.69, 9.17) is 0 Å². The van der Waals surface area contributed by atoms with Crippen molar-refractivity contribution in [2.24, 2.45) is 27.7 Å². The van der Waals surface area contributed by atoms with Crippen molar-refractivity contribution in [3.63, 3.8) is 0 Å². The lowest BCUT2D eigenvalue weighted by Crippen LogP contribution is -2.25. The van der Waals surface area contributed by atoms with Gasteiger partial charge in [-0.25, -0.2) is 9.59 Å². The summed E-state index contributed by atoms with van der Waals surface area (Å²) in [6, 6.07) is 0. The first-order valence-corrected chi connectivity index (χ1v) is 5.22. The van der Waals surface area contributed by atoms with Crippen LogP contribution >= 0.6 is 0 Å². The maximum Gasteiger partial charge on any atom is 0.237 e. The van der Waals surface area contributed by atoms with E-state index in [2.05, 4.69) is 30.8 Å². The van der Waals surface area contributed by atoms with Crippen molar-refractivity contribution >= 4 is 12.2 Å². The molecule has 0 rings (SSSR count). The van der Waals surface area contributed by atoms with Crippen LogP contribution in [0.2, 0.25) is 0 Å². The molecule has 0 aliphatic carbocycles. The van der Waals surface area contributed by atoms with Crippen molar-refractivity contribution in [1.29, 1.82) is 0 Å². The van der Waals surface area contributed by atoms with Crippen LogP contribution in [0.1, 0.15) is 34.1 Å². The second kappa shape index (κ2) is 7.10. The fraction of sp³-hybridized carbons (Fsp3) is 0.818. The van der Waals surface area contributed by atoms with Crippen molar-refractivity contribution < 1.29 is 9.59 Å². The van der Waals surface area contributed by atoms with Crippen LogP contribution in [0.15, 0.2) is 9.98 Å². The molecule has 0 aliphatic rings. The predicted molar refractivity (Wildman–Crippen MR) is 57.8 cm³/mol. The highest BCUT2D eigenvalue weighted by Gasteiger charge is 2.25. The van der Waals surface area contributed by atoms with E-state index >= 15 is 0 Å². The van der Waals surface area contributed by atoms with Gasteiger partial charge in [0.15, 0.2) is 6.17 Å². The summed E-state index contributed by atoms with van der Waals surface area (Å²) in [5.74, 6) is 0.892. The highest BCUT2D eigenvalue weighted by Crippen LogP contribution is 2.27. The van der Waals surface area contributed by atoms with E-state index in [1.165, 1.54) is 12.2 Å². The molecule has 0 bridgehead atoms. The molecule has 0 fully saturated rings. The summed E-state index contributed by atoms with van der Waals surface area (Å²) in [5.41, 5.74) is 0. The van der Waals surface area contributed by atoms with Crippen molar-refractivity contribution in [3.05, 3.63) is 0 Å². The Morgan fingerprint density at radius 1 is 1.00 bits per heavy atom. The van der Waals surface area contributed by atoms with Gasteiger partial charge in [0.1, 0.15) is 0 Å². The van der Waals surface area contributed by atoms with Crippen LogP contribution in [0.3, 0.4) is 0 Å². The van der Waals surface area contributed by atoms with Crippen molar-refractivity contribution in [2.45, 2.75) is 40.3 Å². The van der Waals surface area contributed by atoms with Crippen LogP contribution in [0, 0.1) is 17.8 Å². The molecular formula is C11H18N2O2. The second-order valence-corrected chi connectivity index (χ2v) is 3.96. The number of rotatable bonds is 6. The second-order valence-electron chi connectivity index (χ2n) is 3.96. The summed E-state index contributed by atoms with van der Waals surface area (Å²) >= 11 is 0. The molecule has 0 aliphatic heterocycles. The molecule has 0 N–H and O–H groups in total. The molecule has 0 saturated heterocycles. The highest BCUT2D eigenvalue weighted by atomic mass is 16.1. The molecule has 0 heterocycles. The molecule has 0 aromatic carbocycles. The number of hydrogen-bond donors (Lipinski definition) is 0. The van der Waals surface area contributed by atoms with E-state index in [1.54, 1.807) is 0 Å². The zero-order chi connectivity index (χ0) is 11.8. The fourth-order valence-corrected chi connectivity index (χ4v) is 1.53. The van der Waals surface area contributed by atoms with Gasteiger partial charge in [-0.1, -0.05) is 34.1 Å². The maximum absolute atomic E-state index is 10.2. The Balaban J connectivity index is 4.68. The molecule has 0 amide bonds. The van der Waals surface area contributed by atoms with Crippen LogP contribution in [-0.4, -0.2) is 18.3 Å². The molecule has 0 saturated carbocycles. The standard InChI is InChI=1S/C11H18N2O2/c1-5-8(2)9(3)10(4)11(12-6-14)13-7-15/h8-11H,5H2,1-4H3. The summed E-state index contributed by atoms with van der Waals surface area (Å²) in [5, 5.41) is 0. The minimum atomic E-state index is -0.635. The van der Waals surface area contributed by atoms with Gasteiger partial charge in [0.05, 0.1) is 0 Å². The Labute approximate surface area is 90.5 Å². The van der Waals surface area contributed by atoms with Gasteiger partial charge < -0.3 is 0 Å². The number of hydrogen-bond acceptors (Lipinski definition) is 4. The molecule has 0 radical (unpaired) electrons. The Morgan fingerprint density at radius 3 is 1.80 bits per heavy atom. The molecule has 15 heavy (non-hydrogen) atoms. The van der Waals surface area contributed by atoms with Crippen LogP contribution in [0.5, 0.6) is 0 Å². The molecule has 84 valence electrons. The molecule has 4 nitrogen and oxygen atoms in total. The average Bonchev–Trinajstić information content (AvgIpc) is 2.25. The first-order valence-electron chi connectivity index (χ1n) is 5.22. The quantitative estimate of drug-likeness (QED) is 0.499. The lowest BCUT2D eigenvalue weighted by atomic mass is 9.82. The lowest BCUT2D eigenvalue weighted by Gasteiger charge is -2.26. The van der Waals surface area contributed by atoms with Gasteiger partial charge in [-0.3, -0.25) is 0 Å². The van der Waals surface area contributed by atoms with Crippen molar-refractivity contribution in [3.8, 4) is 0 Å². The van der Waals surface area contributed by atoms with Crippen LogP contribution in [0.4, 0.5) is 0 Å². The Hall–Kier alpha value is -1.24. The summed E-state index contributed by atoms with van der Waals surface area (Å²) in [6.45, 7) is 8.25. The minimum absolute atomic E-state index is 0.0443. The Morgan fingerprint density at radius 2 is 1.47 bits per heavy atom. The fourth-order valence-electron chi connectivity index (χ4n) is 1.53. The van der Waals surface area contributed by atoms with Gasteiger partial charge in [-0.15, -0.1) is 0 Å².